The monoisotopic (exact) mass is 1130 g/mol. The summed E-state index contributed by atoms with van der Waals surface area (Å²) in [4.78, 5) is 120. The molecule has 2 aromatic heterocycles. The highest BCUT2D eigenvalue weighted by Gasteiger charge is 2.38. The molecule has 20 heteroatoms. The number of hydrogen-bond donors (Lipinski definition) is 6. The molecule has 432 valence electrons. The maximum atomic E-state index is 14.4. The number of ketones is 2. The number of halogens is 2. The lowest BCUT2D eigenvalue weighted by molar-refractivity contribution is -0.137. The first-order chi connectivity index (χ1) is 40.0. The van der Waals surface area contributed by atoms with Crippen LogP contribution in [0.3, 0.4) is 0 Å². The van der Waals surface area contributed by atoms with Crippen molar-refractivity contribution in [2.24, 2.45) is 0 Å². The minimum absolute atomic E-state index is 0.0530. The molecule has 2 fully saturated rings. The zero-order chi connectivity index (χ0) is 59.2. The van der Waals surface area contributed by atoms with Gasteiger partial charge in [0.25, 0.3) is 0 Å². The molecule has 18 nitrogen and oxygen atoms in total. The van der Waals surface area contributed by atoms with Gasteiger partial charge in [-0.2, -0.15) is 0 Å². The topological polar surface area (TPSA) is 241 Å². The van der Waals surface area contributed by atoms with Crippen LogP contribution in [0.15, 0.2) is 134 Å². The maximum Gasteiger partial charge on any atom is 0.246 e. The molecule has 8 rings (SSSR count). The quantitative estimate of drug-likeness (QED) is 0.0337. The minimum atomic E-state index is -0.948. The molecule has 6 N–H and O–H groups in total. The molecule has 4 aromatic carbocycles. The molecule has 0 spiro atoms. The zero-order valence-electron chi connectivity index (χ0n) is 46.8. The van der Waals surface area contributed by atoms with E-state index in [0.717, 1.165) is 11.1 Å². The third kappa shape index (κ3) is 15.8. The number of amides is 6. The van der Waals surface area contributed by atoms with Crippen LogP contribution in [0.25, 0.3) is 0 Å². The number of likely N-dealkylation sites (N-methyl/N-ethyl adjacent to an activating group) is 2. The Morgan fingerprint density at radius 1 is 0.518 bits per heavy atom. The molecule has 4 heterocycles. The van der Waals surface area contributed by atoms with Gasteiger partial charge in [0.2, 0.25) is 35.4 Å². The number of hydrogen-bond acceptors (Lipinski definition) is 12. The van der Waals surface area contributed by atoms with Gasteiger partial charge in [-0.1, -0.05) is 24.3 Å². The van der Waals surface area contributed by atoms with E-state index in [4.69, 9.17) is 0 Å². The average molecular weight is 1130 g/mol. The summed E-state index contributed by atoms with van der Waals surface area (Å²) in [5, 5.41) is 17.4. The first kappa shape index (κ1) is 60.2. The van der Waals surface area contributed by atoms with E-state index in [-0.39, 0.29) is 79.1 Å². The normalized spacial score (nSPS) is 16.3. The van der Waals surface area contributed by atoms with Crippen LogP contribution >= 0.6 is 0 Å². The summed E-state index contributed by atoms with van der Waals surface area (Å²) < 4.78 is 27.2. The molecule has 0 bridgehead atoms. The van der Waals surface area contributed by atoms with E-state index >= 15 is 0 Å². The summed E-state index contributed by atoms with van der Waals surface area (Å²) in [7, 11) is 3.29. The fourth-order valence-electron chi connectivity index (χ4n) is 10.3. The predicted molar refractivity (Wildman–Crippen MR) is 308 cm³/mol. The standard InChI is InChI=1S/C63H68F2N10O8/c1-38(66-3)60(80)72-52(62(82)74-28-6-8-54(74)44-32-46(36-68-34-44)58(78)42-16-20-48(64)21-17-42)30-40-12-24-50(25-13-40)70-56(76)10-5-11-57(77)71-51-26-14-41(15-27-51)31-53(73-61(81)39(2)67-4)63(83)75-29-7-9-55(75)45-33-47(37-69-35-45)59(79)43-18-22-49(65)23-19-43/h12-27,32-39,52-55,66-67H,5-11,28-31H2,1-4H3,(H,70,76)(H,71,77)(H,72,80)(H,73,81)/t38-,39-,52-,53?,54-,55-/m0/s1. The van der Waals surface area contributed by atoms with Crippen molar-refractivity contribution in [2.75, 3.05) is 37.8 Å². The van der Waals surface area contributed by atoms with Gasteiger partial charge in [0.05, 0.1) is 24.2 Å². The highest BCUT2D eigenvalue weighted by molar-refractivity contribution is 6.09. The van der Waals surface area contributed by atoms with E-state index < -0.39 is 47.9 Å². The van der Waals surface area contributed by atoms with Crippen LogP contribution in [0.2, 0.25) is 0 Å². The smallest absolute Gasteiger partial charge is 0.246 e. The molecule has 6 amide bonds. The van der Waals surface area contributed by atoms with E-state index in [9.17, 15) is 47.1 Å². The second kappa shape index (κ2) is 28.2. The number of anilines is 2. The molecule has 1 unspecified atom stereocenters. The fourth-order valence-corrected chi connectivity index (χ4v) is 10.3. The minimum Gasteiger partial charge on any atom is -0.343 e. The molecular weight excluding hydrogens is 1060 g/mol. The molecule has 6 atom stereocenters. The largest absolute Gasteiger partial charge is 0.343 e. The Morgan fingerprint density at radius 2 is 0.892 bits per heavy atom. The lowest BCUT2D eigenvalue weighted by Crippen LogP contribution is -2.53. The van der Waals surface area contributed by atoms with Crippen molar-refractivity contribution in [2.45, 2.75) is 108 Å². The number of carbonyl (C=O) groups is 8. The predicted octanol–water partition coefficient (Wildman–Crippen LogP) is 6.96. The van der Waals surface area contributed by atoms with Gasteiger partial charge in [-0.05, 0) is 167 Å². The SMILES string of the molecule is CN[C@@H](C)C(=O)NC(Cc1ccc(NC(=O)CCCC(=O)Nc2ccc(C[C@H](NC(=O)[C@H](C)NC)C(=O)N3CCC[C@H]3c3cncc(C(=O)c4ccc(F)cc4)c3)cc2)cc1)C(=O)N1CCC[C@H]1c1cncc(C(=O)c2ccc(F)cc2)c1. The van der Waals surface area contributed by atoms with Crippen LogP contribution in [-0.2, 0) is 41.6 Å². The number of rotatable bonds is 24. The van der Waals surface area contributed by atoms with Gasteiger partial charge in [-0.25, -0.2) is 8.78 Å². The van der Waals surface area contributed by atoms with Gasteiger partial charge < -0.3 is 41.7 Å². The Bertz CT molecular complexity index is 3090. The van der Waals surface area contributed by atoms with Crippen molar-refractivity contribution < 1.29 is 47.1 Å². The number of nitrogens with one attached hydrogen (secondary N) is 6. The van der Waals surface area contributed by atoms with Crippen molar-refractivity contribution in [3.63, 3.8) is 0 Å². The number of benzene rings is 4. The molecule has 0 saturated carbocycles. The number of carbonyl (C=O) groups excluding carboxylic acids is 8. The Labute approximate surface area is 480 Å². The van der Waals surface area contributed by atoms with Crippen molar-refractivity contribution in [3.8, 4) is 0 Å². The summed E-state index contributed by atoms with van der Waals surface area (Å²) in [6, 6.07) is 23.9. The van der Waals surface area contributed by atoms with Crippen molar-refractivity contribution in [1.29, 1.82) is 0 Å². The van der Waals surface area contributed by atoms with Crippen LogP contribution in [-0.4, -0.2) is 118 Å². The van der Waals surface area contributed by atoms with Crippen molar-refractivity contribution >= 4 is 58.4 Å². The van der Waals surface area contributed by atoms with Gasteiger partial charge in [0.15, 0.2) is 11.6 Å². The van der Waals surface area contributed by atoms with E-state index in [2.05, 4.69) is 41.9 Å². The first-order valence-electron chi connectivity index (χ1n) is 27.8. The van der Waals surface area contributed by atoms with Crippen LogP contribution in [0.5, 0.6) is 0 Å². The molecule has 83 heavy (non-hydrogen) atoms. The van der Waals surface area contributed by atoms with Crippen LogP contribution in [0.4, 0.5) is 20.2 Å². The Morgan fingerprint density at radius 3 is 1.25 bits per heavy atom. The summed E-state index contributed by atoms with van der Waals surface area (Å²) in [5.74, 6) is -3.52. The van der Waals surface area contributed by atoms with Gasteiger partial charge >= 0.3 is 0 Å². The summed E-state index contributed by atoms with van der Waals surface area (Å²) >= 11 is 0. The third-order valence-corrected chi connectivity index (χ3v) is 15.1. The van der Waals surface area contributed by atoms with E-state index in [1.54, 1.807) is 111 Å². The lowest BCUT2D eigenvalue weighted by Gasteiger charge is -2.30. The summed E-state index contributed by atoms with van der Waals surface area (Å²) in [6.45, 7) is 4.22. The molecular formula is C63H68F2N10O8. The number of nitrogens with zero attached hydrogens (tertiary/aromatic N) is 4. The Balaban J connectivity index is 0.829. The van der Waals surface area contributed by atoms with Crippen molar-refractivity contribution in [3.05, 3.63) is 190 Å². The number of pyridine rings is 2. The van der Waals surface area contributed by atoms with E-state index in [0.29, 0.717) is 83.5 Å². The first-order valence-corrected chi connectivity index (χ1v) is 27.8. The highest BCUT2D eigenvalue weighted by atomic mass is 19.1. The van der Waals surface area contributed by atoms with Crippen LogP contribution < -0.4 is 31.9 Å². The average Bonchev–Trinajstić information content (AvgIpc) is 4.41. The third-order valence-electron chi connectivity index (χ3n) is 15.1. The lowest BCUT2D eigenvalue weighted by atomic mass is 9.99. The molecule has 6 aromatic rings. The number of aromatic nitrogens is 2. The number of likely N-dealkylation sites (tertiary alicyclic amines) is 2. The van der Waals surface area contributed by atoms with E-state index in [1.807, 2.05) is 0 Å². The van der Waals surface area contributed by atoms with Gasteiger partial charge in [0.1, 0.15) is 23.7 Å². The van der Waals surface area contributed by atoms with Crippen molar-refractivity contribution in [1.82, 2.24) is 41.0 Å². The molecule has 2 aliphatic heterocycles. The van der Waals surface area contributed by atoms with Gasteiger partial charge in [-0.3, -0.25) is 48.3 Å². The summed E-state index contributed by atoms with van der Waals surface area (Å²) in [6.07, 6.45) is 9.39. The molecule has 2 aliphatic rings. The zero-order valence-corrected chi connectivity index (χ0v) is 46.8. The van der Waals surface area contributed by atoms with Crippen LogP contribution in [0, 0.1) is 11.6 Å². The molecule has 2 saturated heterocycles. The van der Waals surface area contributed by atoms with Crippen LogP contribution in [0.1, 0.15) is 125 Å². The molecule has 0 radical (unpaired) electrons. The summed E-state index contributed by atoms with van der Waals surface area (Å²) in [5.41, 5.74) is 5.00. The molecule has 0 aliphatic carbocycles. The second-order valence-corrected chi connectivity index (χ2v) is 21.0. The highest BCUT2D eigenvalue weighted by Crippen LogP contribution is 2.35. The van der Waals surface area contributed by atoms with Gasteiger partial charge in [0, 0.05) is 97.2 Å². The fraction of sp³-hybridized carbons (Fsp3) is 0.333. The maximum absolute atomic E-state index is 14.4. The Kier molecular flexibility index (Phi) is 20.5. The van der Waals surface area contributed by atoms with E-state index in [1.165, 1.54) is 60.9 Å². The van der Waals surface area contributed by atoms with Gasteiger partial charge in [-0.15, -0.1) is 0 Å². The second-order valence-electron chi connectivity index (χ2n) is 21.0. The Hall–Kier alpha value is -8.88.